The van der Waals surface area contributed by atoms with Crippen LogP contribution in [0.5, 0.6) is 11.5 Å². The molecule has 31 heavy (non-hydrogen) atoms. The van der Waals surface area contributed by atoms with Crippen molar-refractivity contribution in [1.29, 1.82) is 0 Å². The van der Waals surface area contributed by atoms with Gasteiger partial charge < -0.3 is 19.5 Å². The number of hydrogen-bond donors (Lipinski definition) is 1. The van der Waals surface area contributed by atoms with Gasteiger partial charge in [-0.05, 0) is 54.8 Å². The molecule has 0 aliphatic rings. The summed E-state index contributed by atoms with van der Waals surface area (Å²) in [6.45, 7) is 3.92. The number of nitrogens with one attached hydrogen (secondary N) is 1. The molecule has 0 aliphatic heterocycles. The number of carbonyl (C=O) groups is 1. The average molecular weight is 420 g/mol. The highest BCUT2D eigenvalue weighted by molar-refractivity contribution is 5.94. The molecule has 0 atom stereocenters. The van der Waals surface area contributed by atoms with Crippen molar-refractivity contribution in [1.82, 2.24) is 5.32 Å². The molecule has 0 spiro atoms. The maximum atomic E-state index is 12.6. The van der Waals surface area contributed by atoms with Crippen molar-refractivity contribution < 1.29 is 19.0 Å². The lowest BCUT2D eigenvalue weighted by molar-refractivity contribution is 0.0951. The first-order valence-electron chi connectivity index (χ1n) is 10.5. The quantitative estimate of drug-likeness (QED) is 0.486. The van der Waals surface area contributed by atoms with E-state index in [4.69, 9.17) is 14.2 Å². The third kappa shape index (κ3) is 6.86. The van der Waals surface area contributed by atoms with E-state index < -0.39 is 0 Å². The van der Waals surface area contributed by atoms with E-state index in [-0.39, 0.29) is 5.91 Å². The van der Waals surface area contributed by atoms with E-state index in [1.807, 2.05) is 73.7 Å². The van der Waals surface area contributed by atoms with Crippen LogP contribution in [-0.4, -0.2) is 26.2 Å². The Bertz CT molecular complexity index is 955. The Morgan fingerprint density at radius 3 is 2.39 bits per heavy atom. The van der Waals surface area contributed by atoms with Crippen molar-refractivity contribution in [2.24, 2.45) is 0 Å². The Morgan fingerprint density at radius 2 is 1.68 bits per heavy atom. The van der Waals surface area contributed by atoms with Gasteiger partial charge in [-0.25, -0.2) is 0 Å². The van der Waals surface area contributed by atoms with Gasteiger partial charge in [0.1, 0.15) is 11.5 Å². The lowest BCUT2D eigenvalue weighted by atomic mass is 10.1. The van der Waals surface area contributed by atoms with Crippen LogP contribution in [0.25, 0.3) is 0 Å². The Labute approximate surface area is 184 Å². The molecule has 1 N–H and O–H groups in total. The number of rotatable bonds is 11. The van der Waals surface area contributed by atoms with E-state index in [1.165, 1.54) is 0 Å². The highest BCUT2D eigenvalue weighted by Crippen LogP contribution is 2.22. The predicted octanol–water partition coefficient (Wildman–Crippen LogP) is 4.78. The van der Waals surface area contributed by atoms with Gasteiger partial charge >= 0.3 is 0 Å². The van der Waals surface area contributed by atoms with Gasteiger partial charge in [-0.2, -0.15) is 0 Å². The lowest BCUT2D eigenvalue weighted by Crippen LogP contribution is -2.25. The molecule has 0 bridgehead atoms. The second kappa shape index (κ2) is 11.8. The fraction of sp³-hybridized carbons (Fsp3) is 0.269. The third-order valence-corrected chi connectivity index (χ3v) is 4.85. The number of methoxy groups -OCH3 is 1. The van der Waals surface area contributed by atoms with E-state index in [1.54, 1.807) is 13.2 Å². The molecule has 0 fully saturated rings. The van der Waals surface area contributed by atoms with Crippen LogP contribution in [0.3, 0.4) is 0 Å². The molecular weight excluding hydrogens is 390 g/mol. The van der Waals surface area contributed by atoms with Crippen LogP contribution >= 0.6 is 0 Å². The minimum atomic E-state index is -0.110. The van der Waals surface area contributed by atoms with Crippen LogP contribution < -0.4 is 14.8 Å². The molecule has 0 radical (unpaired) electrons. The second-order valence-electron chi connectivity index (χ2n) is 7.09. The molecule has 3 aromatic rings. The van der Waals surface area contributed by atoms with Gasteiger partial charge in [0.25, 0.3) is 5.91 Å². The maximum Gasteiger partial charge on any atom is 0.251 e. The van der Waals surface area contributed by atoms with E-state index >= 15 is 0 Å². The smallest absolute Gasteiger partial charge is 0.251 e. The molecule has 3 aromatic carbocycles. The van der Waals surface area contributed by atoms with Gasteiger partial charge in [-0.1, -0.05) is 42.5 Å². The molecule has 0 unspecified atom stereocenters. The van der Waals surface area contributed by atoms with E-state index in [2.05, 4.69) is 5.32 Å². The SMILES string of the molecule is CCOc1ccc(C(=O)NCCc2ccc(OC)cc2)cc1COCc1ccccc1. The molecule has 5 nitrogen and oxygen atoms in total. The van der Waals surface area contributed by atoms with Crippen LogP contribution in [0.4, 0.5) is 0 Å². The van der Waals surface area contributed by atoms with Crippen molar-refractivity contribution in [3.63, 3.8) is 0 Å². The van der Waals surface area contributed by atoms with Gasteiger partial charge in [-0.15, -0.1) is 0 Å². The summed E-state index contributed by atoms with van der Waals surface area (Å²) in [5.74, 6) is 1.45. The van der Waals surface area contributed by atoms with E-state index in [0.717, 1.165) is 34.6 Å². The normalized spacial score (nSPS) is 10.5. The zero-order valence-electron chi connectivity index (χ0n) is 18.1. The molecular formula is C26H29NO4. The van der Waals surface area contributed by atoms with Gasteiger partial charge in [0.15, 0.2) is 0 Å². The van der Waals surface area contributed by atoms with E-state index in [0.29, 0.717) is 31.9 Å². The summed E-state index contributed by atoms with van der Waals surface area (Å²) in [5.41, 5.74) is 3.70. The Morgan fingerprint density at radius 1 is 0.903 bits per heavy atom. The van der Waals surface area contributed by atoms with Crippen molar-refractivity contribution in [2.75, 3.05) is 20.3 Å². The first-order valence-corrected chi connectivity index (χ1v) is 10.5. The number of carbonyl (C=O) groups excluding carboxylic acids is 1. The van der Waals surface area contributed by atoms with Gasteiger partial charge in [0.05, 0.1) is 26.9 Å². The first-order chi connectivity index (χ1) is 15.2. The van der Waals surface area contributed by atoms with Crippen molar-refractivity contribution in [3.05, 3.63) is 95.1 Å². The molecule has 3 rings (SSSR count). The lowest BCUT2D eigenvalue weighted by Gasteiger charge is -2.13. The minimum absolute atomic E-state index is 0.110. The molecule has 0 heterocycles. The summed E-state index contributed by atoms with van der Waals surface area (Å²) < 4.78 is 16.7. The predicted molar refractivity (Wildman–Crippen MR) is 122 cm³/mol. The van der Waals surface area contributed by atoms with Gasteiger partial charge in [0.2, 0.25) is 0 Å². The molecule has 162 valence electrons. The van der Waals surface area contributed by atoms with Crippen LogP contribution in [0, 0.1) is 0 Å². The molecule has 0 saturated carbocycles. The van der Waals surface area contributed by atoms with Crippen molar-refractivity contribution in [3.8, 4) is 11.5 Å². The summed E-state index contributed by atoms with van der Waals surface area (Å²) in [4.78, 5) is 12.6. The number of ether oxygens (including phenoxy) is 3. The Hall–Kier alpha value is -3.31. The summed E-state index contributed by atoms with van der Waals surface area (Å²) in [6.07, 6.45) is 0.750. The number of hydrogen-bond acceptors (Lipinski definition) is 4. The summed E-state index contributed by atoms with van der Waals surface area (Å²) in [5, 5.41) is 2.98. The standard InChI is InChI=1S/C26H29NO4/c1-3-31-25-14-11-22(17-23(25)19-30-18-21-7-5-4-6-8-21)26(28)27-16-15-20-9-12-24(29-2)13-10-20/h4-14,17H,3,15-16,18-19H2,1-2H3,(H,27,28). The maximum absolute atomic E-state index is 12.6. The van der Waals surface area contributed by atoms with Gasteiger partial charge in [0, 0.05) is 17.7 Å². The minimum Gasteiger partial charge on any atom is -0.497 e. The van der Waals surface area contributed by atoms with Crippen molar-refractivity contribution >= 4 is 5.91 Å². The van der Waals surface area contributed by atoms with Crippen LogP contribution in [0.15, 0.2) is 72.8 Å². The Balaban J connectivity index is 1.57. The number of amides is 1. The number of benzene rings is 3. The van der Waals surface area contributed by atoms with Gasteiger partial charge in [-0.3, -0.25) is 4.79 Å². The summed E-state index contributed by atoms with van der Waals surface area (Å²) >= 11 is 0. The Kier molecular flexibility index (Phi) is 8.49. The third-order valence-electron chi connectivity index (χ3n) is 4.85. The topological polar surface area (TPSA) is 56.8 Å². The largest absolute Gasteiger partial charge is 0.497 e. The monoisotopic (exact) mass is 419 g/mol. The molecule has 0 aromatic heterocycles. The first kappa shape index (κ1) is 22.4. The highest BCUT2D eigenvalue weighted by atomic mass is 16.5. The highest BCUT2D eigenvalue weighted by Gasteiger charge is 2.11. The fourth-order valence-electron chi connectivity index (χ4n) is 3.20. The summed E-state index contributed by atoms with van der Waals surface area (Å²) in [7, 11) is 1.65. The molecule has 0 aliphatic carbocycles. The van der Waals surface area contributed by atoms with Crippen LogP contribution in [0.2, 0.25) is 0 Å². The zero-order valence-corrected chi connectivity index (χ0v) is 18.1. The zero-order chi connectivity index (χ0) is 21.9. The van der Waals surface area contributed by atoms with Crippen LogP contribution in [0.1, 0.15) is 34.0 Å². The van der Waals surface area contributed by atoms with Crippen molar-refractivity contribution in [2.45, 2.75) is 26.6 Å². The second-order valence-corrected chi connectivity index (χ2v) is 7.09. The molecule has 0 saturated heterocycles. The van der Waals surface area contributed by atoms with E-state index in [9.17, 15) is 4.79 Å². The fourth-order valence-corrected chi connectivity index (χ4v) is 3.20. The summed E-state index contributed by atoms with van der Waals surface area (Å²) in [6, 6.07) is 23.3. The molecule has 5 heteroatoms. The molecule has 1 amide bonds. The van der Waals surface area contributed by atoms with Crippen LogP contribution in [-0.2, 0) is 24.4 Å². The average Bonchev–Trinajstić information content (AvgIpc) is 2.81.